The molecule has 0 amide bonds. The van der Waals surface area contributed by atoms with Crippen LogP contribution in [-0.2, 0) is 0 Å². The highest BCUT2D eigenvalue weighted by Gasteiger charge is 2.14. The fourth-order valence-corrected chi connectivity index (χ4v) is 1.48. The maximum atomic E-state index is 9.06. The second kappa shape index (κ2) is 5.47. The molecule has 1 rings (SSSR count). The number of aromatic nitrogens is 1. The van der Waals surface area contributed by atoms with E-state index in [0.717, 1.165) is 5.56 Å². The fourth-order valence-electron chi connectivity index (χ4n) is 1.48. The van der Waals surface area contributed by atoms with E-state index in [1.807, 2.05) is 13.0 Å². The zero-order chi connectivity index (χ0) is 12.1. The molecule has 4 nitrogen and oxygen atoms in total. The van der Waals surface area contributed by atoms with E-state index in [-0.39, 0.29) is 6.04 Å². The lowest BCUT2D eigenvalue weighted by Crippen LogP contribution is -2.34. The van der Waals surface area contributed by atoms with E-state index in [1.165, 1.54) is 0 Å². The van der Waals surface area contributed by atoms with Crippen molar-refractivity contribution < 1.29 is 0 Å². The number of nitrogens with one attached hydrogen (secondary N) is 1. The van der Waals surface area contributed by atoms with Gasteiger partial charge in [0.25, 0.3) is 0 Å². The van der Waals surface area contributed by atoms with Crippen molar-refractivity contribution in [1.29, 1.82) is 5.26 Å². The lowest BCUT2D eigenvalue weighted by atomic mass is 10.0. The second-order valence-electron chi connectivity index (χ2n) is 4.19. The molecule has 4 heteroatoms. The van der Waals surface area contributed by atoms with Crippen LogP contribution in [0.15, 0.2) is 12.3 Å². The van der Waals surface area contributed by atoms with Crippen LogP contribution in [0.3, 0.4) is 0 Å². The van der Waals surface area contributed by atoms with Gasteiger partial charge in [-0.15, -0.1) is 0 Å². The molecule has 0 fully saturated rings. The highest BCUT2D eigenvalue weighted by atomic mass is 15.0. The van der Waals surface area contributed by atoms with E-state index in [0.29, 0.717) is 23.8 Å². The first-order valence-electron chi connectivity index (χ1n) is 5.42. The second-order valence-corrected chi connectivity index (χ2v) is 4.19. The number of nitrogens with two attached hydrogens (primary N) is 1. The summed E-state index contributed by atoms with van der Waals surface area (Å²) < 4.78 is 0. The molecular weight excluding hydrogens is 200 g/mol. The lowest BCUT2D eigenvalue weighted by Gasteiger charge is -2.21. The normalized spacial score (nSPS) is 12.2. The van der Waals surface area contributed by atoms with Crippen molar-refractivity contribution in [3.63, 3.8) is 0 Å². The zero-order valence-electron chi connectivity index (χ0n) is 9.99. The van der Waals surface area contributed by atoms with E-state index in [1.54, 1.807) is 6.20 Å². The van der Waals surface area contributed by atoms with E-state index in [2.05, 4.69) is 30.2 Å². The summed E-state index contributed by atoms with van der Waals surface area (Å²) in [5.41, 5.74) is 7.21. The minimum absolute atomic E-state index is 0.140. The summed E-state index contributed by atoms with van der Waals surface area (Å²) in [4.78, 5) is 4.19. The summed E-state index contributed by atoms with van der Waals surface area (Å²) in [7, 11) is 0. The molecular formula is C12H18N4. The van der Waals surface area contributed by atoms with Crippen LogP contribution in [0.2, 0.25) is 0 Å². The molecule has 0 aliphatic carbocycles. The fraction of sp³-hybridized carbons (Fsp3) is 0.500. The maximum Gasteiger partial charge on any atom is 0.144 e. The van der Waals surface area contributed by atoms with E-state index < -0.39 is 0 Å². The molecule has 1 aromatic heterocycles. The summed E-state index contributed by atoms with van der Waals surface area (Å²) in [6.07, 6.45) is 1.70. The van der Waals surface area contributed by atoms with Crippen molar-refractivity contribution in [3.8, 4) is 6.07 Å². The third-order valence-corrected chi connectivity index (χ3v) is 2.65. The predicted molar refractivity (Wildman–Crippen MR) is 65.0 cm³/mol. The quantitative estimate of drug-likeness (QED) is 0.806. The number of hydrogen-bond acceptors (Lipinski definition) is 4. The Balaban J connectivity index is 2.97. The first-order valence-corrected chi connectivity index (χ1v) is 5.42. The van der Waals surface area contributed by atoms with Gasteiger partial charge in [0.15, 0.2) is 0 Å². The summed E-state index contributed by atoms with van der Waals surface area (Å²) in [5.74, 6) is 1.03. The van der Waals surface area contributed by atoms with Gasteiger partial charge in [-0.05, 0) is 24.5 Å². The number of nitrogens with zero attached hydrogens (tertiary/aromatic N) is 2. The summed E-state index contributed by atoms with van der Waals surface area (Å²) >= 11 is 0. The van der Waals surface area contributed by atoms with Crippen LogP contribution in [0.4, 0.5) is 5.82 Å². The van der Waals surface area contributed by atoms with Crippen LogP contribution in [0, 0.1) is 24.2 Å². The van der Waals surface area contributed by atoms with Crippen LogP contribution in [0.5, 0.6) is 0 Å². The number of aryl methyl sites for hydroxylation is 1. The Morgan fingerprint density at radius 1 is 1.56 bits per heavy atom. The van der Waals surface area contributed by atoms with Crippen LogP contribution in [0.25, 0.3) is 0 Å². The topological polar surface area (TPSA) is 74.7 Å². The minimum atomic E-state index is 0.140. The average Bonchev–Trinajstić information content (AvgIpc) is 2.25. The van der Waals surface area contributed by atoms with Crippen molar-refractivity contribution in [2.24, 2.45) is 11.7 Å². The average molecular weight is 218 g/mol. The summed E-state index contributed by atoms with van der Waals surface area (Å²) in [6.45, 7) is 6.61. The SMILES string of the molecule is Cc1ccnc(NC(CN)C(C)C)c1C#N. The molecule has 0 aromatic carbocycles. The lowest BCUT2D eigenvalue weighted by molar-refractivity contribution is 0.530. The monoisotopic (exact) mass is 218 g/mol. The summed E-state index contributed by atoms with van der Waals surface area (Å²) in [5, 5.41) is 12.3. The number of pyridine rings is 1. The highest BCUT2D eigenvalue weighted by Crippen LogP contribution is 2.17. The molecule has 3 N–H and O–H groups in total. The maximum absolute atomic E-state index is 9.06. The summed E-state index contributed by atoms with van der Waals surface area (Å²) in [6, 6.07) is 4.14. The number of hydrogen-bond donors (Lipinski definition) is 2. The third-order valence-electron chi connectivity index (χ3n) is 2.65. The van der Waals surface area contributed by atoms with Crippen LogP contribution in [0.1, 0.15) is 25.0 Å². The van der Waals surface area contributed by atoms with Crippen molar-refractivity contribution in [3.05, 3.63) is 23.4 Å². The Hall–Kier alpha value is -1.60. The van der Waals surface area contributed by atoms with Gasteiger partial charge in [-0.2, -0.15) is 5.26 Å². The molecule has 0 spiro atoms. The molecule has 1 unspecified atom stereocenters. The Labute approximate surface area is 96.5 Å². The standard InChI is InChI=1S/C12H18N4/c1-8(2)11(7-14)16-12-10(6-13)9(3)4-5-15-12/h4-5,8,11H,7,14H2,1-3H3,(H,15,16). The first kappa shape index (κ1) is 12.5. The smallest absolute Gasteiger partial charge is 0.144 e. The van der Waals surface area contributed by atoms with Gasteiger partial charge in [0.05, 0.1) is 5.56 Å². The largest absolute Gasteiger partial charge is 0.365 e. The molecule has 0 radical (unpaired) electrons. The Morgan fingerprint density at radius 2 is 2.25 bits per heavy atom. The predicted octanol–water partition coefficient (Wildman–Crippen LogP) is 1.66. The van der Waals surface area contributed by atoms with Crippen LogP contribution >= 0.6 is 0 Å². The Kier molecular flexibility index (Phi) is 4.27. The minimum Gasteiger partial charge on any atom is -0.365 e. The third kappa shape index (κ3) is 2.71. The molecule has 86 valence electrons. The van der Waals surface area contributed by atoms with Gasteiger partial charge >= 0.3 is 0 Å². The molecule has 0 aliphatic heterocycles. The zero-order valence-corrected chi connectivity index (χ0v) is 9.99. The van der Waals surface area contributed by atoms with E-state index in [4.69, 9.17) is 11.0 Å². The highest BCUT2D eigenvalue weighted by molar-refractivity contribution is 5.55. The molecule has 0 saturated carbocycles. The van der Waals surface area contributed by atoms with Crippen LogP contribution < -0.4 is 11.1 Å². The van der Waals surface area contributed by atoms with Gasteiger partial charge in [0, 0.05) is 18.8 Å². The Bertz CT molecular complexity index is 392. The van der Waals surface area contributed by atoms with Gasteiger partial charge in [-0.1, -0.05) is 13.8 Å². The first-order chi connectivity index (χ1) is 7.60. The Morgan fingerprint density at radius 3 is 2.75 bits per heavy atom. The van der Waals surface area contributed by atoms with Gasteiger partial charge in [0.1, 0.15) is 11.9 Å². The van der Waals surface area contributed by atoms with Gasteiger partial charge in [-0.25, -0.2) is 4.98 Å². The molecule has 0 aliphatic rings. The number of anilines is 1. The van der Waals surface area contributed by atoms with Crippen LogP contribution in [-0.4, -0.2) is 17.6 Å². The molecule has 1 aromatic rings. The van der Waals surface area contributed by atoms with Crippen molar-refractivity contribution in [2.75, 3.05) is 11.9 Å². The van der Waals surface area contributed by atoms with Gasteiger partial charge in [0.2, 0.25) is 0 Å². The van der Waals surface area contributed by atoms with Gasteiger partial charge < -0.3 is 11.1 Å². The molecule has 0 saturated heterocycles. The molecule has 1 atom stereocenters. The number of rotatable bonds is 4. The van der Waals surface area contributed by atoms with Crippen molar-refractivity contribution in [2.45, 2.75) is 26.8 Å². The van der Waals surface area contributed by atoms with Crippen molar-refractivity contribution in [1.82, 2.24) is 4.98 Å². The number of nitriles is 1. The van der Waals surface area contributed by atoms with Gasteiger partial charge in [-0.3, -0.25) is 0 Å². The van der Waals surface area contributed by atoms with E-state index >= 15 is 0 Å². The molecule has 16 heavy (non-hydrogen) atoms. The molecule has 0 bridgehead atoms. The molecule has 1 heterocycles. The van der Waals surface area contributed by atoms with E-state index in [9.17, 15) is 0 Å². The van der Waals surface area contributed by atoms with Crippen molar-refractivity contribution >= 4 is 5.82 Å².